The van der Waals surface area contributed by atoms with Crippen LogP contribution in [0.1, 0.15) is 6.23 Å². The number of nitrogens with zero attached hydrogens (tertiary/aromatic N) is 3. The minimum atomic E-state index is -4.78. The van der Waals surface area contributed by atoms with Crippen molar-refractivity contribution in [1.82, 2.24) is 14.5 Å². The Hall–Kier alpha value is -1.33. The van der Waals surface area contributed by atoms with Crippen LogP contribution in [0.25, 0.3) is 11.0 Å². The molecule has 132 valence electrons. The maximum atomic E-state index is 14.4. The zero-order chi connectivity index (χ0) is 17.6. The van der Waals surface area contributed by atoms with Crippen molar-refractivity contribution >= 4 is 36.3 Å². The van der Waals surface area contributed by atoms with E-state index in [1.54, 1.807) is 0 Å². The molecule has 0 saturated carbocycles. The summed E-state index contributed by atoms with van der Waals surface area (Å²) in [5.74, 6) is 0.0964. The first-order valence-electron chi connectivity index (χ1n) is 6.63. The summed E-state index contributed by atoms with van der Waals surface area (Å²) in [7, 11) is -4.78. The molecule has 0 spiro atoms. The summed E-state index contributed by atoms with van der Waals surface area (Å²) in [6, 6.07) is 0. The summed E-state index contributed by atoms with van der Waals surface area (Å²) < 4.78 is 36.0. The van der Waals surface area contributed by atoms with Gasteiger partial charge in [0.25, 0.3) is 0 Å². The van der Waals surface area contributed by atoms with Crippen LogP contribution in [0.15, 0.2) is 12.5 Å². The topological polar surface area (TPSA) is 153 Å². The number of alkyl halides is 1. The van der Waals surface area contributed by atoms with E-state index in [0.717, 1.165) is 6.33 Å². The van der Waals surface area contributed by atoms with E-state index in [1.807, 2.05) is 0 Å². The summed E-state index contributed by atoms with van der Waals surface area (Å²) in [5, 5.41) is 10.4. The van der Waals surface area contributed by atoms with Crippen molar-refractivity contribution in [3.63, 3.8) is 0 Å². The van der Waals surface area contributed by atoms with Crippen molar-refractivity contribution in [2.24, 2.45) is 0 Å². The van der Waals surface area contributed by atoms with E-state index in [0.29, 0.717) is 5.39 Å². The molecular formula is C11H13ClFN4O6P. The first-order valence-corrected chi connectivity index (χ1v) is 8.54. The molecule has 0 bridgehead atoms. The van der Waals surface area contributed by atoms with Crippen LogP contribution < -0.4 is 5.73 Å². The number of nitrogens with two attached hydrogens (primary N) is 1. The third-order valence-corrected chi connectivity index (χ3v) is 4.34. The fourth-order valence-corrected chi connectivity index (χ4v) is 3.12. The number of anilines is 1. The van der Waals surface area contributed by atoms with E-state index in [2.05, 4.69) is 14.5 Å². The molecule has 0 aromatic carbocycles. The highest BCUT2D eigenvalue weighted by Crippen LogP contribution is 2.40. The summed E-state index contributed by atoms with van der Waals surface area (Å²) in [5.41, 5.74) is 5.91. The SMILES string of the molecule is Nc1ncnc2c1c(Cl)cn2[C@@H]1O[C@H](COP(=O)(O)O)[C@@H](O)[C@@H]1F. The van der Waals surface area contributed by atoms with E-state index in [9.17, 15) is 14.1 Å². The predicted molar refractivity (Wildman–Crippen MR) is 79.8 cm³/mol. The van der Waals surface area contributed by atoms with E-state index in [1.165, 1.54) is 10.8 Å². The molecular weight excluding hydrogens is 370 g/mol. The minimum Gasteiger partial charge on any atom is -0.387 e. The van der Waals surface area contributed by atoms with Crippen LogP contribution in [0.4, 0.5) is 10.2 Å². The van der Waals surface area contributed by atoms with Gasteiger partial charge in [-0.05, 0) is 0 Å². The van der Waals surface area contributed by atoms with Crippen molar-refractivity contribution in [3.05, 3.63) is 17.5 Å². The number of ether oxygens (including phenoxy) is 1. The van der Waals surface area contributed by atoms with Crippen LogP contribution in [0.5, 0.6) is 0 Å². The van der Waals surface area contributed by atoms with Crippen molar-refractivity contribution < 1.29 is 33.1 Å². The van der Waals surface area contributed by atoms with Crippen LogP contribution >= 0.6 is 19.4 Å². The van der Waals surface area contributed by atoms with Gasteiger partial charge in [-0.2, -0.15) is 0 Å². The first kappa shape index (κ1) is 17.5. The second-order valence-corrected chi connectivity index (χ2v) is 6.77. The highest BCUT2D eigenvalue weighted by atomic mass is 35.5. The van der Waals surface area contributed by atoms with Crippen molar-refractivity contribution in [1.29, 1.82) is 0 Å². The van der Waals surface area contributed by atoms with Crippen LogP contribution in [0, 0.1) is 0 Å². The van der Waals surface area contributed by atoms with Gasteiger partial charge in [0.1, 0.15) is 30.0 Å². The molecule has 5 N–H and O–H groups in total. The van der Waals surface area contributed by atoms with Gasteiger partial charge in [-0.3, -0.25) is 4.52 Å². The summed E-state index contributed by atoms with van der Waals surface area (Å²) in [4.78, 5) is 25.2. The van der Waals surface area contributed by atoms with Gasteiger partial charge in [0.2, 0.25) is 0 Å². The number of fused-ring (bicyclic) bond motifs is 1. The summed E-state index contributed by atoms with van der Waals surface area (Å²) in [6.45, 7) is -0.688. The Morgan fingerprint density at radius 3 is 2.88 bits per heavy atom. The molecule has 2 aromatic heterocycles. The number of halogens is 2. The fraction of sp³-hybridized carbons (Fsp3) is 0.455. The smallest absolute Gasteiger partial charge is 0.387 e. The Balaban J connectivity index is 1.90. The van der Waals surface area contributed by atoms with Gasteiger partial charge in [-0.15, -0.1) is 0 Å². The molecule has 0 unspecified atom stereocenters. The monoisotopic (exact) mass is 382 g/mol. The van der Waals surface area contributed by atoms with Gasteiger partial charge in [-0.1, -0.05) is 11.6 Å². The van der Waals surface area contributed by atoms with Crippen LogP contribution in [0.3, 0.4) is 0 Å². The highest BCUT2D eigenvalue weighted by molar-refractivity contribution is 7.46. The minimum absolute atomic E-state index is 0.0964. The van der Waals surface area contributed by atoms with Crippen molar-refractivity contribution in [2.45, 2.75) is 24.6 Å². The molecule has 0 aliphatic carbocycles. The molecule has 1 saturated heterocycles. The lowest BCUT2D eigenvalue weighted by Gasteiger charge is -2.16. The second-order valence-electron chi connectivity index (χ2n) is 5.13. The lowest BCUT2D eigenvalue weighted by molar-refractivity contribution is -0.0449. The van der Waals surface area contributed by atoms with Gasteiger partial charge in [0.05, 0.1) is 17.0 Å². The molecule has 4 atom stereocenters. The lowest BCUT2D eigenvalue weighted by Crippen LogP contribution is -2.31. The average Bonchev–Trinajstić information content (AvgIpc) is 2.96. The predicted octanol–water partition coefficient (Wildman–Crippen LogP) is 0.373. The number of phosphoric acid groups is 1. The van der Waals surface area contributed by atoms with Gasteiger partial charge in [-0.25, -0.2) is 18.9 Å². The summed E-state index contributed by atoms with van der Waals surface area (Å²) in [6.07, 6.45) is -3.68. The maximum absolute atomic E-state index is 14.4. The Bertz CT molecular complexity index is 815. The standard InChI is InChI=1S/C11H13ClFN4O6P/c12-4-1-17(10-6(4)9(14)15-3-16-10)11-7(13)8(18)5(23-11)2-22-24(19,20)21/h1,3,5,7-8,11,18H,2H2,(H2,14,15,16)(H2,19,20,21)/t5-,7+,8-,11-/m1/s1. The van der Waals surface area contributed by atoms with Crippen LogP contribution in [-0.2, 0) is 13.8 Å². The Morgan fingerprint density at radius 2 is 2.21 bits per heavy atom. The quantitative estimate of drug-likeness (QED) is 0.549. The van der Waals surface area contributed by atoms with Crippen LogP contribution in [-0.4, -0.2) is 54.4 Å². The van der Waals surface area contributed by atoms with E-state index in [4.69, 9.17) is 31.9 Å². The van der Waals surface area contributed by atoms with Gasteiger partial charge in [0.15, 0.2) is 12.4 Å². The van der Waals surface area contributed by atoms with Crippen molar-refractivity contribution in [2.75, 3.05) is 12.3 Å². The number of nitrogen functional groups attached to an aromatic ring is 1. The third-order valence-electron chi connectivity index (χ3n) is 3.57. The Morgan fingerprint density at radius 1 is 1.50 bits per heavy atom. The number of aliphatic hydroxyl groups excluding tert-OH is 1. The largest absolute Gasteiger partial charge is 0.469 e. The molecule has 24 heavy (non-hydrogen) atoms. The number of rotatable bonds is 4. The second kappa shape index (κ2) is 6.19. The molecule has 3 rings (SSSR count). The Kier molecular flexibility index (Phi) is 4.51. The summed E-state index contributed by atoms with van der Waals surface area (Å²) >= 11 is 6.05. The van der Waals surface area contributed by atoms with E-state index in [-0.39, 0.29) is 16.5 Å². The van der Waals surface area contributed by atoms with Crippen LogP contribution in [0.2, 0.25) is 5.02 Å². The zero-order valence-corrected chi connectivity index (χ0v) is 13.5. The number of hydrogen-bond donors (Lipinski definition) is 4. The number of phosphoric ester groups is 1. The molecule has 10 nitrogen and oxygen atoms in total. The average molecular weight is 383 g/mol. The maximum Gasteiger partial charge on any atom is 0.469 e. The van der Waals surface area contributed by atoms with Gasteiger partial charge < -0.3 is 29.9 Å². The number of hydrogen-bond acceptors (Lipinski definition) is 7. The number of aliphatic hydroxyl groups is 1. The molecule has 1 aliphatic heterocycles. The third kappa shape index (κ3) is 3.11. The highest BCUT2D eigenvalue weighted by Gasteiger charge is 2.46. The zero-order valence-electron chi connectivity index (χ0n) is 11.9. The Labute approximate surface area is 139 Å². The van der Waals surface area contributed by atoms with E-state index >= 15 is 0 Å². The molecule has 1 aliphatic rings. The van der Waals surface area contributed by atoms with Crippen molar-refractivity contribution in [3.8, 4) is 0 Å². The molecule has 0 amide bonds. The van der Waals surface area contributed by atoms with E-state index < -0.39 is 39.0 Å². The lowest BCUT2D eigenvalue weighted by atomic mass is 10.1. The molecule has 0 radical (unpaired) electrons. The van der Waals surface area contributed by atoms with Gasteiger partial charge in [0, 0.05) is 6.20 Å². The molecule has 3 heterocycles. The van der Waals surface area contributed by atoms with Gasteiger partial charge >= 0.3 is 7.82 Å². The molecule has 13 heteroatoms. The number of aromatic nitrogens is 3. The molecule has 2 aromatic rings. The normalized spacial score (nSPS) is 27.9. The molecule has 1 fully saturated rings. The fourth-order valence-electron chi connectivity index (χ4n) is 2.49. The first-order chi connectivity index (χ1) is 11.2.